The molecule has 0 fully saturated rings. The summed E-state index contributed by atoms with van der Waals surface area (Å²) in [6.07, 6.45) is 3.90. The maximum absolute atomic E-state index is 13.5. The molecule has 2 heterocycles. The van der Waals surface area contributed by atoms with Gasteiger partial charge in [-0.05, 0) is 41.5 Å². The first-order chi connectivity index (χ1) is 15.6. The molecule has 0 amide bonds. The molecule has 32 heavy (non-hydrogen) atoms. The Balaban J connectivity index is 1.74. The minimum atomic E-state index is -0.279. The second-order valence-corrected chi connectivity index (χ2v) is 8.78. The van der Waals surface area contributed by atoms with Gasteiger partial charge in [0.2, 0.25) is 0 Å². The van der Waals surface area contributed by atoms with E-state index in [9.17, 15) is 4.79 Å². The Morgan fingerprint density at radius 3 is 2.47 bits per heavy atom. The second kappa shape index (κ2) is 8.61. The van der Waals surface area contributed by atoms with E-state index in [2.05, 4.69) is 0 Å². The highest BCUT2D eigenvalue weighted by molar-refractivity contribution is 7.07. The number of thiazole rings is 1. The van der Waals surface area contributed by atoms with Crippen molar-refractivity contribution < 1.29 is 4.74 Å². The number of hydrogen-bond donors (Lipinski definition) is 0. The molecule has 4 nitrogen and oxygen atoms in total. The predicted octanol–water partition coefficient (Wildman–Crippen LogP) is 4.66. The predicted molar refractivity (Wildman–Crippen MR) is 130 cm³/mol. The number of methoxy groups -OCH3 is 1. The van der Waals surface area contributed by atoms with Gasteiger partial charge >= 0.3 is 0 Å². The van der Waals surface area contributed by atoms with E-state index in [1.165, 1.54) is 11.3 Å². The molecule has 1 aliphatic rings. The second-order valence-electron chi connectivity index (χ2n) is 7.34. The van der Waals surface area contributed by atoms with Gasteiger partial charge in [-0.3, -0.25) is 9.36 Å². The molecule has 1 atom stereocenters. The van der Waals surface area contributed by atoms with Gasteiger partial charge in [-0.15, -0.1) is 0 Å². The van der Waals surface area contributed by atoms with Crippen molar-refractivity contribution in [2.75, 3.05) is 7.11 Å². The third-order valence-electron chi connectivity index (χ3n) is 5.35. The normalized spacial score (nSPS) is 15.6. The molecule has 158 valence electrons. The Bertz CT molecular complexity index is 1490. The van der Waals surface area contributed by atoms with Gasteiger partial charge in [-0.2, -0.15) is 0 Å². The van der Waals surface area contributed by atoms with Gasteiger partial charge in [0, 0.05) is 10.6 Å². The van der Waals surface area contributed by atoms with Crippen molar-refractivity contribution in [3.8, 4) is 5.75 Å². The van der Waals surface area contributed by atoms with Gasteiger partial charge in [-0.25, -0.2) is 4.99 Å². The lowest BCUT2D eigenvalue weighted by Gasteiger charge is -2.19. The molecule has 0 saturated heterocycles. The zero-order chi connectivity index (χ0) is 22.1. The number of ether oxygens (including phenoxy) is 1. The average molecular weight is 459 g/mol. The monoisotopic (exact) mass is 458 g/mol. The van der Waals surface area contributed by atoms with Gasteiger partial charge < -0.3 is 4.74 Å². The summed E-state index contributed by atoms with van der Waals surface area (Å²) in [5.41, 5.74) is 3.60. The SMILES string of the molecule is COc1ccccc1C=c1sc2n(c1=O)C(c1ccc(Cl)cc1)C=C(c1ccccc1)N=2. The van der Waals surface area contributed by atoms with Crippen LogP contribution in [0.5, 0.6) is 5.75 Å². The lowest BCUT2D eigenvalue weighted by atomic mass is 10.0. The summed E-state index contributed by atoms with van der Waals surface area (Å²) in [5.74, 6) is 0.720. The molecular weight excluding hydrogens is 440 g/mol. The van der Waals surface area contributed by atoms with E-state index in [0.29, 0.717) is 14.4 Å². The van der Waals surface area contributed by atoms with Gasteiger partial charge in [0.25, 0.3) is 5.56 Å². The molecule has 0 radical (unpaired) electrons. The van der Waals surface area contributed by atoms with E-state index in [4.69, 9.17) is 21.3 Å². The van der Waals surface area contributed by atoms with Crippen molar-refractivity contribution in [2.45, 2.75) is 6.04 Å². The van der Waals surface area contributed by atoms with Crippen LogP contribution in [0, 0.1) is 0 Å². The van der Waals surface area contributed by atoms with Crippen molar-refractivity contribution in [1.29, 1.82) is 0 Å². The molecule has 4 aromatic rings. The summed E-state index contributed by atoms with van der Waals surface area (Å²) in [6.45, 7) is 0. The fourth-order valence-corrected chi connectivity index (χ4v) is 4.91. The van der Waals surface area contributed by atoms with E-state index in [-0.39, 0.29) is 11.6 Å². The number of para-hydroxylation sites is 1. The van der Waals surface area contributed by atoms with Crippen LogP contribution in [0.2, 0.25) is 5.02 Å². The molecule has 5 rings (SSSR count). The highest BCUT2D eigenvalue weighted by Crippen LogP contribution is 2.27. The number of benzene rings is 3. The Labute approximate surface area is 194 Å². The number of hydrogen-bond acceptors (Lipinski definition) is 4. The zero-order valence-electron chi connectivity index (χ0n) is 17.2. The number of fused-ring (bicyclic) bond motifs is 1. The van der Waals surface area contributed by atoms with E-state index in [1.807, 2.05) is 91.0 Å². The lowest BCUT2D eigenvalue weighted by Crippen LogP contribution is -2.36. The standard InChI is InChI=1S/C26H19ClN2O2S/c1-31-23-10-6-5-9-19(23)15-24-25(30)29-22(18-11-13-20(27)14-12-18)16-21(28-26(29)32-24)17-7-3-2-4-8-17/h2-16,22H,1H3. The average Bonchev–Trinajstić information content (AvgIpc) is 3.15. The van der Waals surface area contributed by atoms with Crippen LogP contribution in [0.15, 0.2) is 94.7 Å². The third kappa shape index (κ3) is 3.81. The molecule has 0 N–H and O–H groups in total. The minimum Gasteiger partial charge on any atom is -0.496 e. The molecule has 1 aromatic heterocycles. The van der Waals surface area contributed by atoms with Gasteiger partial charge in [0.1, 0.15) is 5.75 Å². The molecule has 1 unspecified atom stereocenters. The van der Waals surface area contributed by atoms with E-state index >= 15 is 0 Å². The molecule has 0 aliphatic carbocycles. The van der Waals surface area contributed by atoms with Crippen LogP contribution < -0.4 is 19.6 Å². The van der Waals surface area contributed by atoms with Crippen molar-refractivity contribution in [3.05, 3.63) is 126 Å². The Kier molecular flexibility index (Phi) is 5.52. The van der Waals surface area contributed by atoms with Crippen LogP contribution in [-0.4, -0.2) is 11.7 Å². The van der Waals surface area contributed by atoms with Gasteiger partial charge in [-0.1, -0.05) is 83.6 Å². The zero-order valence-corrected chi connectivity index (χ0v) is 18.8. The Morgan fingerprint density at radius 1 is 1.00 bits per heavy atom. The van der Waals surface area contributed by atoms with E-state index in [0.717, 1.165) is 28.1 Å². The fraction of sp³-hybridized carbons (Fsp3) is 0.0769. The minimum absolute atomic E-state index is 0.0806. The number of halogens is 1. The topological polar surface area (TPSA) is 43.6 Å². The first-order valence-electron chi connectivity index (χ1n) is 10.1. The number of aromatic nitrogens is 1. The maximum atomic E-state index is 13.5. The molecular formula is C26H19ClN2O2S. The summed E-state index contributed by atoms with van der Waals surface area (Å²) in [6, 6.07) is 25.0. The van der Waals surface area contributed by atoms with Crippen LogP contribution in [0.4, 0.5) is 0 Å². The fourth-order valence-electron chi connectivity index (χ4n) is 3.78. The largest absolute Gasteiger partial charge is 0.496 e. The van der Waals surface area contributed by atoms with Crippen LogP contribution >= 0.6 is 22.9 Å². The summed E-state index contributed by atoms with van der Waals surface area (Å²) >= 11 is 7.49. The lowest BCUT2D eigenvalue weighted by molar-refractivity contribution is 0.414. The van der Waals surface area contributed by atoms with E-state index < -0.39 is 0 Å². The number of nitrogens with zero attached hydrogens (tertiary/aromatic N) is 2. The molecule has 0 bridgehead atoms. The summed E-state index contributed by atoms with van der Waals surface area (Å²) in [5, 5.41) is 0.657. The molecule has 0 spiro atoms. The summed E-state index contributed by atoms with van der Waals surface area (Å²) in [7, 11) is 1.63. The van der Waals surface area contributed by atoms with Crippen molar-refractivity contribution in [2.24, 2.45) is 4.99 Å². The third-order valence-corrected chi connectivity index (χ3v) is 6.59. The number of allylic oxidation sites excluding steroid dienone is 1. The first-order valence-corrected chi connectivity index (χ1v) is 11.3. The number of rotatable bonds is 4. The van der Waals surface area contributed by atoms with Gasteiger partial charge in [0.15, 0.2) is 4.80 Å². The summed E-state index contributed by atoms with van der Waals surface area (Å²) < 4.78 is 7.81. The Hall–Kier alpha value is -3.41. The van der Waals surface area contributed by atoms with E-state index in [1.54, 1.807) is 11.7 Å². The van der Waals surface area contributed by atoms with Crippen molar-refractivity contribution >= 4 is 34.7 Å². The van der Waals surface area contributed by atoms with Crippen molar-refractivity contribution in [1.82, 2.24) is 4.57 Å². The molecule has 1 aliphatic heterocycles. The first kappa shape index (κ1) is 20.5. The van der Waals surface area contributed by atoms with Crippen LogP contribution in [0.3, 0.4) is 0 Å². The highest BCUT2D eigenvalue weighted by atomic mass is 35.5. The van der Waals surface area contributed by atoms with Crippen LogP contribution in [0.1, 0.15) is 22.7 Å². The maximum Gasteiger partial charge on any atom is 0.271 e. The molecule has 0 saturated carbocycles. The Morgan fingerprint density at radius 2 is 1.72 bits per heavy atom. The van der Waals surface area contributed by atoms with Crippen molar-refractivity contribution in [3.63, 3.8) is 0 Å². The molecule has 6 heteroatoms. The van der Waals surface area contributed by atoms with Crippen LogP contribution in [0.25, 0.3) is 11.8 Å². The highest BCUT2D eigenvalue weighted by Gasteiger charge is 2.22. The summed E-state index contributed by atoms with van der Waals surface area (Å²) in [4.78, 5) is 19.0. The quantitative estimate of drug-likeness (QED) is 0.446. The van der Waals surface area contributed by atoms with Crippen LogP contribution in [-0.2, 0) is 0 Å². The van der Waals surface area contributed by atoms with Gasteiger partial charge in [0.05, 0.1) is 23.4 Å². The molecule has 3 aromatic carbocycles. The smallest absolute Gasteiger partial charge is 0.271 e.